The Balaban J connectivity index is 2.23. The van der Waals surface area contributed by atoms with Gasteiger partial charge in [-0.05, 0) is 42.0 Å². The molecular formula is C28H36N4O8. The van der Waals surface area contributed by atoms with Crippen molar-refractivity contribution in [3.05, 3.63) is 65.7 Å². The van der Waals surface area contributed by atoms with Crippen LogP contribution in [0.4, 0.5) is 0 Å². The average molecular weight is 557 g/mol. The van der Waals surface area contributed by atoms with E-state index < -0.39 is 60.2 Å². The third-order valence-electron chi connectivity index (χ3n) is 5.98. The van der Waals surface area contributed by atoms with Gasteiger partial charge in [-0.15, -0.1) is 0 Å². The summed E-state index contributed by atoms with van der Waals surface area (Å²) in [6.45, 7) is 3.58. The van der Waals surface area contributed by atoms with Crippen molar-refractivity contribution in [3.63, 3.8) is 0 Å². The number of phenols is 1. The van der Waals surface area contributed by atoms with Gasteiger partial charge in [-0.3, -0.25) is 19.2 Å². The third-order valence-corrected chi connectivity index (χ3v) is 5.98. The fourth-order valence-electron chi connectivity index (χ4n) is 3.94. The second kappa shape index (κ2) is 15.2. The van der Waals surface area contributed by atoms with Gasteiger partial charge >= 0.3 is 11.9 Å². The van der Waals surface area contributed by atoms with Crippen molar-refractivity contribution >= 4 is 29.7 Å². The maximum absolute atomic E-state index is 13.2. The van der Waals surface area contributed by atoms with Gasteiger partial charge in [0, 0.05) is 6.42 Å². The van der Waals surface area contributed by atoms with Crippen LogP contribution in [0, 0.1) is 5.92 Å². The van der Waals surface area contributed by atoms with E-state index in [1.54, 1.807) is 44.2 Å². The summed E-state index contributed by atoms with van der Waals surface area (Å²) in [6.07, 6.45) is -0.605. The molecule has 2 aromatic rings. The molecule has 0 aromatic heterocycles. The zero-order valence-electron chi connectivity index (χ0n) is 22.4. The molecule has 4 unspecified atom stereocenters. The van der Waals surface area contributed by atoms with Gasteiger partial charge in [0.2, 0.25) is 17.7 Å². The molecule has 8 N–H and O–H groups in total. The molecule has 2 rings (SSSR count). The van der Waals surface area contributed by atoms with Crippen LogP contribution in [0.3, 0.4) is 0 Å². The topological polar surface area (TPSA) is 208 Å². The van der Waals surface area contributed by atoms with Crippen molar-refractivity contribution < 1.29 is 39.3 Å². The molecule has 0 bridgehead atoms. The van der Waals surface area contributed by atoms with Crippen molar-refractivity contribution in [1.29, 1.82) is 0 Å². The van der Waals surface area contributed by atoms with E-state index in [2.05, 4.69) is 16.0 Å². The highest BCUT2D eigenvalue weighted by atomic mass is 16.4. The van der Waals surface area contributed by atoms with Crippen molar-refractivity contribution in [1.82, 2.24) is 16.0 Å². The van der Waals surface area contributed by atoms with Crippen LogP contribution in [0.15, 0.2) is 54.6 Å². The van der Waals surface area contributed by atoms with Gasteiger partial charge in [0.25, 0.3) is 0 Å². The molecule has 0 spiro atoms. The minimum absolute atomic E-state index is 0.0206. The van der Waals surface area contributed by atoms with E-state index in [4.69, 9.17) is 5.73 Å². The third kappa shape index (κ3) is 10.7. The maximum atomic E-state index is 13.2. The Hall–Kier alpha value is -4.45. The minimum atomic E-state index is -1.56. The van der Waals surface area contributed by atoms with E-state index in [-0.39, 0.29) is 30.9 Å². The summed E-state index contributed by atoms with van der Waals surface area (Å²) in [6, 6.07) is 9.50. The molecule has 4 atom stereocenters. The number of carbonyl (C=O) groups is 5. The van der Waals surface area contributed by atoms with E-state index in [9.17, 15) is 39.3 Å². The minimum Gasteiger partial charge on any atom is -0.508 e. The summed E-state index contributed by atoms with van der Waals surface area (Å²) in [5.74, 6) is -5.23. The number of nitrogens with two attached hydrogens (primary N) is 1. The molecule has 0 saturated carbocycles. The number of phenolic OH excluding ortho intramolecular Hbond substituents is 1. The zero-order valence-corrected chi connectivity index (χ0v) is 22.4. The van der Waals surface area contributed by atoms with E-state index in [1.165, 1.54) is 24.3 Å². The predicted molar refractivity (Wildman–Crippen MR) is 145 cm³/mol. The van der Waals surface area contributed by atoms with E-state index in [1.807, 2.05) is 0 Å². The molecule has 0 aliphatic heterocycles. The van der Waals surface area contributed by atoms with Gasteiger partial charge < -0.3 is 37.0 Å². The summed E-state index contributed by atoms with van der Waals surface area (Å²) >= 11 is 0. The monoisotopic (exact) mass is 556 g/mol. The van der Waals surface area contributed by atoms with Gasteiger partial charge in [0.05, 0.1) is 12.5 Å². The molecule has 0 saturated heterocycles. The molecule has 3 amide bonds. The zero-order chi connectivity index (χ0) is 29.8. The first-order valence-corrected chi connectivity index (χ1v) is 12.8. The number of aliphatic carboxylic acids is 2. The van der Waals surface area contributed by atoms with Crippen LogP contribution in [0.1, 0.15) is 37.8 Å². The Bertz CT molecular complexity index is 1170. The van der Waals surface area contributed by atoms with Crippen LogP contribution in [0.5, 0.6) is 5.75 Å². The smallest absolute Gasteiger partial charge is 0.326 e. The van der Waals surface area contributed by atoms with Crippen molar-refractivity contribution in [2.75, 3.05) is 0 Å². The van der Waals surface area contributed by atoms with E-state index in [0.29, 0.717) is 5.56 Å². The number of aromatic hydroxyl groups is 1. The lowest BCUT2D eigenvalue weighted by Crippen LogP contribution is -2.58. The molecule has 0 fully saturated rings. The molecule has 12 heteroatoms. The lowest BCUT2D eigenvalue weighted by Gasteiger charge is -2.25. The molecular weight excluding hydrogens is 520 g/mol. The summed E-state index contributed by atoms with van der Waals surface area (Å²) in [7, 11) is 0. The maximum Gasteiger partial charge on any atom is 0.326 e. The number of hydrogen-bond acceptors (Lipinski definition) is 7. The van der Waals surface area contributed by atoms with Gasteiger partial charge in [0.15, 0.2) is 0 Å². The number of amides is 3. The van der Waals surface area contributed by atoms with Crippen LogP contribution in [-0.2, 0) is 36.8 Å². The Kier molecular flexibility index (Phi) is 12.1. The van der Waals surface area contributed by atoms with Crippen LogP contribution in [0.25, 0.3) is 0 Å². The van der Waals surface area contributed by atoms with E-state index in [0.717, 1.165) is 5.56 Å². The summed E-state index contributed by atoms with van der Waals surface area (Å²) in [5.41, 5.74) is 7.28. The van der Waals surface area contributed by atoms with Crippen molar-refractivity contribution in [2.45, 2.75) is 63.7 Å². The van der Waals surface area contributed by atoms with Crippen molar-refractivity contribution in [3.8, 4) is 5.75 Å². The number of benzene rings is 2. The van der Waals surface area contributed by atoms with E-state index >= 15 is 0 Å². The fraction of sp³-hybridized carbons (Fsp3) is 0.393. The molecule has 216 valence electrons. The number of carboxylic acids is 2. The average Bonchev–Trinajstić information content (AvgIpc) is 2.88. The lowest BCUT2D eigenvalue weighted by molar-refractivity contribution is -0.143. The predicted octanol–water partition coefficient (Wildman–Crippen LogP) is 0.565. The molecule has 40 heavy (non-hydrogen) atoms. The Labute approximate surface area is 232 Å². The van der Waals surface area contributed by atoms with Crippen LogP contribution < -0.4 is 21.7 Å². The molecule has 0 aliphatic rings. The first kappa shape index (κ1) is 31.8. The number of hydrogen-bond donors (Lipinski definition) is 7. The quantitative estimate of drug-likeness (QED) is 0.163. The second-order valence-corrected chi connectivity index (χ2v) is 9.92. The van der Waals surface area contributed by atoms with Crippen LogP contribution in [0.2, 0.25) is 0 Å². The molecule has 2 aromatic carbocycles. The number of nitrogens with one attached hydrogen (secondary N) is 3. The first-order chi connectivity index (χ1) is 18.8. The van der Waals surface area contributed by atoms with Gasteiger partial charge in [-0.2, -0.15) is 0 Å². The van der Waals surface area contributed by atoms with Gasteiger partial charge in [-0.25, -0.2) is 4.79 Å². The van der Waals surface area contributed by atoms with Crippen LogP contribution >= 0.6 is 0 Å². The Morgan fingerprint density at radius 3 is 1.80 bits per heavy atom. The van der Waals surface area contributed by atoms with Crippen LogP contribution in [-0.4, -0.2) is 69.1 Å². The summed E-state index contributed by atoms with van der Waals surface area (Å²) in [4.78, 5) is 62.3. The summed E-state index contributed by atoms with van der Waals surface area (Å²) in [5, 5.41) is 35.7. The SMILES string of the molecule is CC(C)CC(NC(=O)C(Cc1ccc(O)cc1)NC(=O)C(CC(=O)O)NC(=O)C(N)Cc1ccccc1)C(=O)O. The van der Waals surface area contributed by atoms with Crippen molar-refractivity contribution in [2.24, 2.45) is 11.7 Å². The molecule has 0 aliphatic carbocycles. The number of carbonyl (C=O) groups excluding carboxylic acids is 3. The van der Waals surface area contributed by atoms with Gasteiger partial charge in [-0.1, -0.05) is 56.3 Å². The lowest BCUT2D eigenvalue weighted by atomic mass is 10.0. The first-order valence-electron chi connectivity index (χ1n) is 12.8. The molecule has 0 heterocycles. The molecule has 0 radical (unpaired) electrons. The highest BCUT2D eigenvalue weighted by molar-refractivity contribution is 5.95. The highest BCUT2D eigenvalue weighted by Gasteiger charge is 2.32. The Morgan fingerprint density at radius 2 is 1.25 bits per heavy atom. The number of carboxylic acid groups (broad SMARTS) is 2. The Morgan fingerprint density at radius 1 is 0.725 bits per heavy atom. The highest BCUT2D eigenvalue weighted by Crippen LogP contribution is 2.13. The summed E-state index contributed by atoms with van der Waals surface area (Å²) < 4.78 is 0. The fourth-order valence-corrected chi connectivity index (χ4v) is 3.94. The second-order valence-electron chi connectivity index (χ2n) is 9.92. The van der Waals surface area contributed by atoms with Gasteiger partial charge in [0.1, 0.15) is 23.9 Å². The molecule has 12 nitrogen and oxygen atoms in total. The standard InChI is InChI=1S/C28H36N4O8/c1-16(2)12-23(28(39)40)32-26(37)21(14-18-8-10-19(33)11-9-18)31-27(38)22(15-24(34)35)30-25(36)20(29)13-17-6-4-3-5-7-17/h3-11,16,20-23,33H,12-15,29H2,1-2H3,(H,30,36)(H,31,38)(H,32,37)(H,34,35)(H,39,40). The number of rotatable bonds is 15. The normalized spacial score (nSPS) is 13.9. The largest absolute Gasteiger partial charge is 0.508 e.